The summed E-state index contributed by atoms with van der Waals surface area (Å²) in [4.78, 5) is 10.5. The van der Waals surface area contributed by atoms with E-state index in [4.69, 9.17) is 4.74 Å². The molecule has 2 aromatic rings. The zero-order valence-electron chi connectivity index (χ0n) is 12.7. The van der Waals surface area contributed by atoms with E-state index in [1.54, 1.807) is 18.5 Å². The van der Waals surface area contributed by atoms with Crippen LogP contribution in [-0.4, -0.2) is 30.2 Å². The Bertz CT molecular complexity index is 905. The van der Waals surface area contributed by atoms with Crippen LogP contribution in [0.25, 0.3) is 0 Å². The molecule has 4 nitrogen and oxygen atoms in total. The number of benzene rings is 2. The average molecular weight is 349 g/mol. The minimum atomic E-state index is -4.86. The van der Waals surface area contributed by atoms with Gasteiger partial charge in [-0.25, -0.2) is 9.38 Å². The molecule has 0 spiro atoms. The molecule has 0 bridgehead atoms. The van der Waals surface area contributed by atoms with Crippen molar-refractivity contribution in [2.75, 3.05) is 13.1 Å². The average Bonchev–Trinajstić information content (AvgIpc) is 3.02. The molecular formula is C17H11F4N3O. The molecule has 0 aliphatic carbocycles. The van der Waals surface area contributed by atoms with Crippen LogP contribution in [0.5, 0.6) is 11.5 Å². The lowest BCUT2D eigenvalue weighted by atomic mass is 10.1. The number of nitrogens with zero attached hydrogens (tertiary/aromatic N) is 3. The van der Waals surface area contributed by atoms with Crippen LogP contribution >= 0.6 is 0 Å². The maximum atomic E-state index is 13.7. The quantitative estimate of drug-likeness (QED) is 0.755. The van der Waals surface area contributed by atoms with Gasteiger partial charge in [0.25, 0.3) is 0 Å². The van der Waals surface area contributed by atoms with E-state index in [1.807, 2.05) is 4.90 Å². The first-order valence-electron chi connectivity index (χ1n) is 7.47. The van der Waals surface area contributed by atoms with Crippen LogP contribution in [0.3, 0.4) is 0 Å². The van der Waals surface area contributed by atoms with Gasteiger partial charge in [-0.15, -0.1) is 0 Å². The van der Waals surface area contributed by atoms with Gasteiger partial charge in [-0.2, -0.15) is 13.2 Å². The molecule has 25 heavy (non-hydrogen) atoms. The zero-order chi connectivity index (χ0) is 17.6. The van der Waals surface area contributed by atoms with Gasteiger partial charge in [-0.05, 0) is 30.3 Å². The lowest BCUT2D eigenvalue weighted by Gasteiger charge is -2.21. The number of rotatable bonds is 2. The fraction of sp³-hybridized carbons (Fsp3) is 0.176. The van der Waals surface area contributed by atoms with Crippen molar-refractivity contribution in [2.24, 2.45) is 9.98 Å². The van der Waals surface area contributed by atoms with Crippen LogP contribution in [0.1, 0.15) is 11.1 Å². The maximum Gasteiger partial charge on any atom is 0.422 e. The van der Waals surface area contributed by atoms with Gasteiger partial charge in [0.15, 0.2) is 0 Å². The van der Waals surface area contributed by atoms with Crippen molar-refractivity contribution in [3.8, 4) is 11.5 Å². The third kappa shape index (κ3) is 2.73. The highest BCUT2D eigenvalue weighted by Gasteiger charge is 2.38. The number of amidine groups is 1. The number of hydrogen-bond donors (Lipinski definition) is 0. The number of halogens is 4. The molecule has 0 unspecified atom stereocenters. The van der Waals surface area contributed by atoms with Crippen molar-refractivity contribution in [1.29, 1.82) is 0 Å². The van der Waals surface area contributed by atoms with E-state index in [-0.39, 0.29) is 5.75 Å². The van der Waals surface area contributed by atoms with Gasteiger partial charge in [-0.1, -0.05) is 6.07 Å². The third-order valence-corrected chi connectivity index (χ3v) is 3.91. The number of aliphatic imine (C=N–C) groups is 2. The third-order valence-electron chi connectivity index (χ3n) is 3.91. The highest BCUT2D eigenvalue weighted by atomic mass is 19.4. The van der Waals surface area contributed by atoms with Crippen LogP contribution in [0, 0.1) is 5.82 Å². The molecule has 4 rings (SSSR count). The summed E-state index contributed by atoms with van der Waals surface area (Å²) in [5.41, 5.74) is -0.104. The predicted molar refractivity (Wildman–Crippen MR) is 84.2 cm³/mol. The molecule has 0 saturated heterocycles. The molecular weight excluding hydrogens is 338 g/mol. The molecule has 2 aliphatic rings. The van der Waals surface area contributed by atoms with Crippen LogP contribution in [0.4, 0.5) is 23.2 Å². The van der Waals surface area contributed by atoms with Crippen molar-refractivity contribution in [2.45, 2.75) is 6.18 Å². The van der Waals surface area contributed by atoms with E-state index in [9.17, 15) is 17.6 Å². The summed E-state index contributed by atoms with van der Waals surface area (Å²) in [6.45, 7) is 1.32. The zero-order valence-corrected chi connectivity index (χ0v) is 12.7. The van der Waals surface area contributed by atoms with Gasteiger partial charge < -0.3 is 9.64 Å². The number of fused-ring (bicyclic) bond motifs is 3. The van der Waals surface area contributed by atoms with Gasteiger partial charge in [-0.3, -0.25) is 4.99 Å². The van der Waals surface area contributed by atoms with Crippen molar-refractivity contribution in [3.05, 3.63) is 53.3 Å². The molecule has 2 aliphatic heterocycles. The second kappa shape index (κ2) is 5.58. The van der Waals surface area contributed by atoms with Gasteiger partial charge in [0, 0.05) is 12.1 Å². The molecule has 2 aromatic carbocycles. The summed E-state index contributed by atoms with van der Waals surface area (Å²) in [7, 11) is 0. The second-order valence-electron chi connectivity index (χ2n) is 5.54. The summed E-state index contributed by atoms with van der Waals surface area (Å²) in [5, 5.41) is 0. The molecule has 0 radical (unpaired) electrons. The fourth-order valence-corrected chi connectivity index (χ4v) is 2.81. The van der Waals surface area contributed by atoms with Crippen molar-refractivity contribution >= 4 is 17.9 Å². The lowest BCUT2D eigenvalue weighted by Crippen LogP contribution is -2.29. The minimum Gasteiger partial charge on any atom is -0.457 e. The number of hydrogen-bond acceptors (Lipinski definition) is 4. The number of ether oxygens (including phenoxy) is 1. The second-order valence-corrected chi connectivity index (χ2v) is 5.54. The van der Waals surface area contributed by atoms with E-state index in [2.05, 4.69) is 9.98 Å². The molecule has 0 fully saturated rings. The summed E-state index contributed by atoms with van der Waals surface area (Å²) in [6, 6.07) is 7.70. The molecule has 8 heteroatoms. The Labute approximate surface area is 140 Å². The van der Waals surface area contributed by atoms with Gasteiger partial charge >= 0.3 is 6.18 Å². The highest BCUT2D eigenvalue weighted by Crippen LogP contribution is 2.40. The largest absolute Gasteiger partial charge is 0.457 e. The monoisotopic (exact) mass is 349 g/mol. The summed E-state index contributed by atoms with van der Waals surface area (Å²) in [5.74, 6) is -1.11. The minimum absolute atomic E-state index is 0.154. The smallest absolute Gasteiger partial charge is 0.422 e. The first-order chi connectivity index (χ1) is 11.9. The normalized spacial score (nSPS) is 15.7. The highest BCUT2D eigenvalue weighted by molar-refractivity contribution is 6.11. The lowest BCUT2D eigenvalue weighted by molar-refractivity contribution is -0.141. The topological polar surface area (TPSA) is 37.2 Å². The van der Waals surface area contributed by atoms with Gasteiger partial charge in [0.1, 0.15) is 28.7 Å². The fourth-order valence-electron chi connectivity index (χ4n) is 2.81. The molecule has 0 N–H and O–H groups in total. The summed E-state index contributed by atoms with van der Waals surface area (Å²) < 4.78 is 58.3. The Morgan fingerprint density at radius 2 is 1.96 bits per heavy atom. The van der Waals surface area contributed by atoms with Crippen molar-refractivity contribution in [3.63, 3.8) is 0 Å². The number of alkyl halides is 3. The predicted octanol–water partition coefficient (Wildman–Crippen LogP) is 4.37. The van der Waals surface area contributed by atoms with E-state index >= 15 is 0 Å². The van der Waals surface area contributed by atoms with E-state index in [1.165, 1.54) is 12.1 Å². The Balaban J connectivity index is 1.73. The van der Waals surface area contributed by atoms with Crippen molar-refractivity contribution < 1.29 is 22.3 Å². The van der Waals surface area contributed by atoms with Gasteiger partial charge in [0.2, 0.25) is 0 Å². The standard InChI is InChI=1S/C17H11F4N3O/c18-12-2-1-3-14(15(12)17(19,20)21)25-10-4-5-13-11(8-10)16-22-6-7-24(16)9-23-13/h1-5,8-9H,6-7H2. The molecule has 2 heterocycles. The van der Waals surface area contributed by atoms with Crippen LogP contribution < -0.4 is 4.74 Å². The molecule has 0 atom stereocenters. The maximum absolute atomic E-state index is 13.7. The Hall–Kier alpha value is -2.90. The Morgan fingerprint density at radius 3 is 2.76 bits per heavy atom. The SMILES string of the molecule is Fc1cccc(Oc2ccc3c(c2)C2=NCCN2C=N3)c1C(F)(F)F. The van der Waals surface area contributed by atoms with E-state index in [0.717, 1.165) is 12.1 Å². The molecule has 0 saturated carbocycles. The molecule has 0 aromatic heterocycles. The van der Waals surface area contributed by atoms with Crippen LogP contribution in [0.15, 0.2) is 46.4 Å². The first kappa shape index (κ1) is 15.6. The van der Waals surface area contributed by atoms with Gasteiger partial charge in [0.05, 0.1) is 18.6 Å². The molecule has 128 valence electrons. The van der Waals surface area contributed by atoms with E-state index < -0.39 is 23.3 Å². The Morgan fingerprint density at radius 1 is 1.12 bits per heavy atom. The molecule has 0 amide bonds. The Kier molecular flexibility index (Phi) is 3.48. The first-order valence-corrected chi connectivity index (χ1v) is 7.47. The van der Waals surface area contributed by atoms with Crippen LogP contribution in [-0.2, 0) is 6.18 Å². The van der Waals surface area contributed by atoms with E-state index in [0.29, 0.717) is 30.2 Å². The van der Waals surface area contributed by atoms with Crippen LogP contribution in [0.2, 0.25) is 0 Å². The van der Waals surface area contributed by atoms with Crippen molar-refractivity contribution in [1.82, 2.24) is 4.90 Å². The summed E-state index contributed by atoms with van der Waals surface area (Å²) >= 11 is 0. The summed E-state index contributed by atoms with van der Waals surface area (Å²) in [6.07, 6.45) is -3.19.